The van der Waals surface area contributed by atoms with E-state index in [1.807, 2.05) is 115 Å². The molecule has 0 N–H and O–H groups in total. The zero-order valence-corrected chi connectivity index (χ0v) is 40.4. The molecule has 7 nitrogen and oxygen atoms in total. The van der Waals surface area contributed by atoms with Gasteiger partial charge in [-0.3, -0.25) is 0 Å². The molecule has 0 aliphatic heterocycles. The van der Waals surface area contributed by atoms with Crippen molar-refractivity contribution >= 4 is 95.1 Å². The van der Waals surface area contributed by atoms with Crippen molar-refractivity contribution in [2.45, 2.75) is 0 Å². The molecule has 2 heterocycles. The zero-order valence-electron chi connectivity index (χ0n) is 40.4. The number of rotatable bonds is 11. The van der Waals surface area contributed by atoms with Crippen molar-refractivity contribution in [3.8, 4) is 34.4 Å². The lowest BCUT2D eigenvalue weighted by atomic mass is 9.99. The summed E-state index contributed by atoms with van der Waals surface area (Å²) in [6, 6.07) is 93.9. The van der Waals surface area contributed by atoms with Gasteiger partial charge < -0.3 is 23.5 Å². The third kappa shape index (κ3) is 7.95. The second-order valence-corrected chi connectivity index (χ2v) is 18.3. The Hall–Kier alpha value is -10.6. The molecule has 0 unspecified atom stereocenters. The number of furan rings is 2. The minimum Gasteiger partial charge on any atom is -0.455 e. The molecule has 13 rings (SSSR count). The van der Waals surface area contributed by atoms with Crippen molar-refractivity contribution in [1.82, 2.24) is 0 Å². The van der Waals surface area contributed by atoms with E-state index in [9.17, 15) is 10.5 Å². The average molecular weight is 962 g/mol. The van der Waals surface area contributed by atoms with E-state index in [2.05, 4.69) is 172 Å². The minimum atomic E-state index is 0.476. The van der Waals surface area contributed by atoms with Crippen molar-refractivity contribution in [3.05, 3.63) is 272 Å². The number of para-hydroxylation sites is 5. The molecule has 0 bridgehead atoms. The third-order valence-corrected chi connectivity index (χ3v) is 13.9. The van der Waals surface area contributed by atoms with Crippen molar-refractivity contribution in [2.24, 2.45) is 0 Å². The van der Waals surface area contributed by atoms with Crippen LogP contribution in [0.2, 0.25) is 0 Å². The summed E-state index contributed by atoms with van der Waals surface area (Å²) in [6.45, 7) is 0. The number of nitrogens with zero attached hydrogens (tertiary/aromatic N) is 5. The maximum absolute atomic E-state index is 10.4. The molecule has 11 aromatic carbocycles. The van der Waals surface area contributed by atoms with Crippen molar-refractivity contribution in [2.75, 3.05) is 14.7 Å². The first-order chi connectivity index (χ1) is 37.1. The van der Waals surface area contributed by atoms with E-state index in [1.54, 1.807) is 0 Å². The summed E-state index contributed by atoms with van der Waals surface area (Å²) in [7, 11) is 0. The van der Waals surface area contributed by atoms with Crippen LogP contribution in [-0.4, -0.2) is 0 Å². The van der Waals surface area contributed by atoms with E-state index in [-0.39, 0.29) is 0 Å². The normalized spacial score (nSPS) is 11.2. The molecule has 75 heavy (non-hydrogen) atoms. The first-order valence-electron chi connectivity index (χ1n) is 24.8. The Morgan fingerprint density at radius 1 is 0.280 bits per heavy atom. The highest BCUT2D eigenvalue weighted by atomic mass is 16.3. The van der Waals surface area contributed by atoms with E-state index in [0.29, 0.717) is 33.5 Å². The van der Waals surface area contributed by atoms with E-state index in [4.69, 9.17) is 8.83 Å². The van der Waals surface area contributed by atoms with Gasteiger partial charge in [0.2, 0.25) is 0 Å². The molecule has 2 aromatic heterocycles. The molecule has 0 saturated heterocycles. The summed E-state index contributed by atoms with van der Waals surface area (Å²) in [6.07, 6.45) is 0. The number of fused-ring (bicyclic) bond motifs is 6. The quantitative estimate of drug-likeness (QED) is 0.128. The molecule has 0 aliphatic carbocycles. The van der Waals surface area contributed by atoms with Gasteiger partial charge in [0.05, 0.1) is 33.3 Å². The molecule has 0 aliphatic rings. The van der Waals surface area contributed by atoms with Crippen LogP contribution in [0.25, 0.3) is 66.1 Å². The Kier molecular flexibility index (Phi) is 11.2. The maximum Gasteiger partial charge on any atom is 0.155 e. The fraction of sp³-hybridized carbons (Fsp3) is 0. The summed E-state index contributed by atoms with van der Waals surface area (Å²) in [5.74, 6) is 0. The van der Waals surface area contributed by atoms with Gasteiger partial charge in [-0.15, -0.1) is 0 Å². The molecule has 0 saturated carbocycles. The van der Waals surface area contributed by atoms with Gasteiger partial charge in [0, 0.05) is 50.6 Å². The standard InChI is InChI=1S/C68H43N5O2/c69-44-50-32-36-61(72(53-22-8-2-9-23-53)54-24-10-3-11-25-54)65-59-42-48(34-38-63(59)74-67(50)65)46-18-16-30-57(40-46)71(52-20-6-1-7-21-52)58-31-17-19-47(41-58)49-35-39-64-60(43-49)66-62(37-33-51(45-70)68(66)75-64)73(55-26-12-4-13-27-55)56-28-14-5-15-29-56/h1-43H. The highest BCUT2D eigenvalue weighted by Crippen LogP contribution is 2.47. The van der Waals surface area contributed by atoms with Gasteiger partial charge in [-0.2, -0.15) is 10.5 Å². The van der Waals surface area contributed by atoms with Crippen LogP contribution >= 0.6 is 0 Å². The molecule has 352 valence electrons. The summed E-state index contributed by atoms with van der Waals surface area (Å²) >= 11 is 0. The van der Waals surface area contributed by atoms with Gasteiger partial charge in [-0.05, 0) is 156 Å². The van der Waals surface area contributed by atoms with E-state index in [1.165, 1.54) is 0 Å². The SMILES string of the molecule is N#Cc1ccc(N(c2ccccc2)c2ccccc2)c2c1oc1ccc(-c3cccc(N(c4ccccc4)c4cccc(-c5ccc6oc7c(C#N)ccc(N(c8ccccc8)c8ccccc8)c7c6c5)c4)c3)cc12. The predicted octanol–water partition coefficient (Wildman–Crippen LogP) is 19.0. The van der Waals surface area contributed by atoms with Crippen LogP contribution in [0, 0.1) is 22.7 Å². The summed E-state index contributed by atoms with van der Waals surface area (Å²) in [5.41, 5.74) is 16.3. The van der Waals surface area contributed by atoms with Crippen LogP contribution in [0.1, 0.15) is 11.1 Å². The van der Waals surface area contributed by atoms with Crippen LogP contribution in [0.4, 0.5) is 51.2 Å². The Balaban J connectivity index is 0.926. The molecule has 13 aromatic rings. The summed E-state index contributed by atoms with van der Waals surface area (Å²) < 4.78 is 13.2. The Bertz CT molecular complexity index is 3990. The third-order valence-electron chi connectivity index (χ3n) is 13.9. The molecule has 7 heteroatoms. The monoisotopic (exact) mass is 961 g/mol. The maximum atomic E-state index is 10.4. The Labute approximate surface area is 433 Å². The molecular formula is C68H43N5O2. The smallest absolute Gasteiger partial charge is 0.155 e. The Morgan fingerprint density at radius 2 is 0.600 bits per heavy atom. The first-order valence-corrected chi connectivity index (χ1v) is 24.8. The van der Waals surface area contributed by atoms with Crippen LogP contribution in [0.5, 0.6) is 0 Å². The lowest BCUT2D eigenvalue weighted by Crippen LogP contribution is -2.10. The molecule has 0 fully saturated rings. The van der Waals surface area contributed by atoms with E-state index >= 15 is 0 Å². The Morgan fingerprint density at radius 3 is 0.947 bits per heavy atom. The van der Waals surface area contributed by atoms with Crippen molar-refractivity contribution in [1.29, 1.82) is 10.5 Å². The first kappa shape index (κ1) is 44.3. The van der Waals surface area contributed by atoms with Crippen LogP contribution < -0.4 is 14.7 Å². The van der Waals surface area contributed by atoms with E-state index < -0.39 is 0 Å². The van der Waals surface area contributed by atoms with E-state index in [0.717, 1.165) is 95.0 Å². The van der Waals surface area contributed by atoms with Crippen LogP contribution in [0.3, 0.4) is 0 Å². The largest absolute Gasteiger partial charge is 0.455 e. The minimum absolute atomic E-state index is 0.476. The highest BCUT2D eigenvalue weighted by molar-refractivity contribution is 6.17. The number of hydrogen-bond acceptors (Lipinski definition) is 7. The zero-order chi connectivity index (χ0) is 50.2. The molecule has 0 amide bonds. The fourth-order valence-corrected chi connectivity index (χ4v) is 10.5. The van der Waals surface area contributed by atoms with Crippen molar-refractivity contribution in [3.63, 3.8) is 0 Å². The van der Waals surface area contributed by atoms with Crippen LogP contribution in [-0.2, 0) is 0 Å². The van der Waals surface area contributed by atoms with Gasteiger partial charge in [0.15, 0.2) is 11.2 Å². The molecule has 0 radical (unpaired) electrons. The second kappa shape index (κ2) is 18.9. The second-order valence-electron chi connectivity index (χ2n) is 18.3. The number of hydrogen-bond donors (Lipinski definition) is 0. The highest BCUT2D eigenvalue weighted by Gasteiger charge is 2.24. The van der Waals surface area contributed by atoms with Crippen molar-refractivity contribution < 1.29 is 8.83 Å². The number of benzene rings is 11. The molecular weight excluding hydrogens is 919 g/mol. The van der Waals surface area contributed by atoms with Gasteiger partial charge in [0.1, 0.15) is 23.3 Å². The van der Waals surface area contributed by atoms with Gasteiger partial charge in [-0.25, -0.2) is 0 Å². The number of anilines is 9. The fourth-order valence-electron chi connectivity index (χ4n) is 10.5. The summed E-state index contributed by atoms with van der Waals surface area (Å²) in [5, 5.41) is 24.3. The molecule has 0 spiro atoms. The molecule has 0 atom stereocenters. The van der Waals surface area contributed by atoms with Gasteiger partial charge in [-0.1, -0.05) is 127 Å². The van der Waals surface area contributed by atoms with Gasteiger partial charge >= 0.3 is 0 Å². The topological polar surface area (TPSA) is 83.6 Å². The number of nitriles is 2. The predicted molar refractivity (Wildman–Crippen MR) is 305 cm³/mol. The average Bonchev–Trinajstić information content (AvgIpc) is 4.11. The van der Waals surface area contributed by atoms with Crippen LogP contribution in [0.15, 0.2) is 270 Å². The van der Waals surface area contributed by atoms with Gasteiger partial charge in [0.25, 0.3) is 0 Å². The lowest BCUT2D eigenvalue weighted by molar-refractivity contribution is 0.667. The summed E-state index contributed by atoms with van der Waals surface area (Å²) in [4.78, 5) is 6.73. The lowest BCUT2D eigenvalue weighted by Gasteiger charge is -2.26.